The number of pyridine rings is 2. The molecule has 31 heavy (non-hydrogen) atoms. The van der Waals surface area contributed by atoms with E-state index in [1.54, 1.807) is 6.20 Å². The van der Waals surface area contributed by atoms with E-state index in [0.717, 1.165) is 81.2 Å². The van der Waals surface area contributed by atoms with Gasteiger partial charge in [0.25, 0.3) is 0 Å². The van der Waals surface area contributed by atoms with E-state index in [0.29, 0.717) is 18.4 Å². The Bertz CT molecular complexity index is 858. The normalized spacial score (nSPS) is 22.2. The van der Waals surface area contributed by atoms with Crippen molar-refractivity contribution in [3.8, 4) is 11.3 Å². The molecule has 6 heteroatoms. The largest absolute Gasteiger partial charge is 0.381 e. The van der Waals surface area contributed by atoms with Gasteiger partial charge in [-0.1, -0.05) is 13.0 Å². The number of nitrogens with one attached hydrogen (secondary N) is 2. The molecule has 0 saturated carbocycles. The van der Waals surface area contributed by atoms with Crippen LogP contribution in [-0.4, -0.2) is 48.1 Å². The molecule has 2 N–H and O–H groups in total. The first-order chi connectivity index (χ1) is 15.2. The summed E-state index contributed by atoms with van der Waals surface area (Å²) in [6.07, 6.45) is 7.56. The van der Waals surface area contributed by atoms with Crippen LogP contribution in [0.4, 0.5) is 5.82 Å². The van der Waals surface area contributed by atoms with Crippen LogP contribution in [0.5, 0.6) is 0 Å². The molecule has 0 spiro atoms. The molecule has 2 aliphatic rings. The second-order valence-electron chi connectivity index (χ2n) is 8.81. The molecule has 166 valence electrons. The van der Waals surface area contributed by atoms with Crippen LogP contribution >= 0.6 is 0 Å². The van der Waals surface area contributed by atoms with Crippen molar-refractivity contribution < 1.29 is 9.53 Å². The molecule has 0 amide bonds. The molecular weight excluding hydrogens is 388 g/mol. The third-order valence-corrected chi connectivity index (χ3v) is 6.59. The van der Waals surface area contributed by atoms with Crippen molar-refractivity contribution in [2.45, 2.75) is 51.5 Å². The first-order valence-corrected chi connectivity index (χ1v) is 11.7. The van der Waals surface area contributed by atoms with E-state index in [9.17, 15) is 4.79 Å². The number of anilines is 1. The molecule has 2 atom stereocenters. The zero-order valence-electron chi connectivity index (χ0n) is 18.5. The number of ketones is 1. The molecule has 6 nitrogen and oxygen atoms in total. The van der Waals surface area contributed by atoms with Crippen molar-refractivity contribution in [2.75, 3.05) is 31.6 Å². The highest BCUT2D eigenvalue weighted by Crippen LogP contribution is 2.22. The average Bonchev–Trinajstić information content (AvgIpc) is 2.84. The lowest BCUT2D eigenvalue weighted by molar-refractivity contribution is -0.122. The number of carbonyl (C=O) groups excluding carboxylic acids is 1. The number of hydrogen-bond acceptors (Lipinski definition) is 6. The number of piperidine rings is 1. The third-order valence-electron chi connectivity index (χ3n) is 6.59. The van der Waals surface area contributed by atoms with Crippen LogP contribution in [0.2, 0.25) is 0 Å². The van der Waals surface area contributed by atoms with Crippen molar-refractivity contribution in [1.29, 1.82) is 0 Å². The molecule has 2 aliphatic heterocycles. The Balaban J connectivity index is 1.37. The Kier molecular flexibility index (Phi) is 7.65. The summed E-state index contributed by atoms with van der Waals surface area (Å²) in [7, 11) is 0. The van der Waals surface area contributed by atoms with Crippen LogP contribution < -0.4 is 10.6 Å². The molecule has 4 heterocycles. The minimum atomic E-state index is 0.101. The lowest BCUT2D eigenvalue weighted by Gasteiger charge is -2.28. The van der Waals surface area contributed by atoms with E-state index >= 15 is 0 Å². The Morgan fingerprint density at radius 1 is 1.19 bits per heavy atom. The highest BCUT2D eigenvalue weighted by molar-refractivity contribution is 5.83. The number of carbonyl (C=O) groups is 1. The van der Waals surface area contributed by atoms with Crippen molar-refractivity contribution in [3.05, 3.63) is 42.2 Å². The summed E-state index contributed by atoms with van der Waals surface area (Å²) in [5.41, 5.74) is 2.72. The second-order valence-corrected chi connectivity index (χ2v) is 8.81. The zero-order valence-corrected chi connectivity index (χ0v) is 18.5. The molecule has 0 aromatic carbocycles. The number of aromatic nitrogens is 2. The fourth-order valence-electron chi connectivity index (χ4n) is 4.49. The third kappa shape index (κ3) is 6.11. The topological polar surface area (TPSA) is 76.1 Å². The van der Waals surface area contributed by atoms with Gasteiger partial charge >= 0.3 is 0 Å². The molecule has 2 saturated heterocycles. The Morgan fingerprint density at radius 2 is 2.06 bits per heavy atom. The van der Waals surface area contributed by atoms with E-state index in [2.05, 4.69) is 22.5 Å². The maximum absolute atomic E-state index is 12.8. The smallest absolute Gasteiger partial charge is 0.143 e. The van der Waals surface area contributed by atoms with Crippen LogP contribution in [0.3, 0.4) is 0 Å². The van der Waals surface area contributed by atoms with Crippen molar-refractivity contribution in [1.82, 2.24) is 15.3 Å². The predicted molar refractivity (Wildman–Crippen MR) is 123 cm³/mol. The SMILES string of the molecule is CC[C@@H]1CC[C@@H](C(=O)Cc2cc(-c3cccc(NCC4CCOCC4)n3)ccn2)CN1. The number of hydrogen-bond donors (Lipinski definition) is 2. The van der Waals surface area contributed by atoms with Gasteiger partial charge < -0.3 is 15.4 Å². The van der Waals surface area contributed by atoms with Crippen molar-refractivity contribution >= 4 is 11.6 Å². The number of ether oxygens (including phenoxy) is 1. The summed E-state index contributed by atoms with van der Waals surface area (Å²) in [6, 6.07) is 10.6. The van der Waals surface area contributed by atoms with Gasteiger partial charge in [0.2, 0.25) is 0 Å². The van der Waals surface area contributed by atoms with Gasteiger partial charge in [0.15, 0.2) is 0 Å². The number of rotatable bonds is 8. The highest BCUT2D eigenvalue weighted by Gasteiger charge is 2.25. The maximum Gasteiger partial charge on any atom is 0.143 e. The summed E-state index contributed by atoms with van der Waals surface area (Å²) in [5.74, 6) is 1.91. The van der Waals surface area contributed by atoms with E-state index in [-0.39, 0.29) is 11.7 Å². The Hall–Kier alpha value is -2.31. The summed E-state index contributed by atoms with van der Waals surface area (Å²) >= 11 is 0. The van der Waals surface area contributed by atoms with Crippen LogP contribution in [-0.2, 0) is 16.0 Å². The first kappa shape index (κ1) is 21.9. The number of nitrogens with zero attached hydrogens (tertiary/aromatic N) is 2. The quantitative estimate of drug-likeness (QED) is 0.673. The standard InChI is InChI=1S/C25H34N4O2/c1-2-21-7-6-20(17-27-21)24(30)15-22-14-19(8-11-26-22)23-4-3-5-25(29-23)28-16-18-9-12-31-13-10-18/h3-5,8,11,14,18,20-21,27H,2,6-7,9-10,12-13,15-17H2,1H3,(H,28,29)/t20-,21-/m1/s1. The Labute approximate surface area is 185 Å². The fraction of sp³-hybridized carbons (Fsp3) is 0.560. The van der Waals surface area contributed by atoms with E-state index in [1.165, 1.54) is 0 Å². The summed E-state index contributed by atoms with van der Waals surface area (Å²) in [5, 5.41) is 6.98. The molecule has 0 aliphatic carbocycles. The van der Waals surface area contributed by atoms with Crippen molar-refractivity contribution in [2.24, 2.45) is 11.8 Å². The van der Waals surface area contributed by atoms with E-state index in [1.807, 2.05) is 30.3 Å². The van der Waals surface area contributed by atoms with E-state index < -0.39 is 0 Å². The van der Waals surface area contributed by atoms with Gasteiger partial charge in [-0.2, -0.15) is 0 Å². The Morgan fingerprint density at radius 3 is 2.84 bits per heavy atom. The zero-order chi connectivity index (χ0) is 21.5. The minimum absolute atomic E-state index is 0.101. The summed E-state index contributed by atoms with van der Waals surface area (Å²) in [6.45, 7) is 5.62. The average molecular weight is 423 g/mol. The van der Waals surface area contributed by atoms with Gasteiger partial charge in [0, 0.05) is 62.1 Å². The second kappa shape index (κ2) is 10.8. The lowest BCUT2D eigenvalue weighted by Crippen LogP contribution is -2.41. The number of Topliss-reactive ketones (excluding diaryl/α,β-unsaturated/α-hetero) is 1. The minimum Gasteiger partial charge on any atom is -0.381 e. The van der Waals surface area contributed by atoms with Gasteiger partial charge in [0.1, 0.15) is 11.6 Å². The van der Waals surface area contributed by atoms with Crippen molar-refractivity contribution in [3.63, 3.8) is 0 Å². The molecule has 0 radical (unpaired) electrons. The van der Waals surface area contributed by atoms with Gasteiger partial charge in [-0.3, -0.25) is 9.78 Å². The summed E-state index contributed by atoms with van der Waals surface area (Å²) in [4.78, 5) is 22.0. The van der Waals surface area contributed by atoms with E-state index in [4.69, 9.17) is 9.72 Å². The molecular formula is C25H34N4O2. The van der Waals surface area contributed by atoms with Gasteiger partial charge in [-0.05, 0) is 62.3 Å². The molecule has 2 aromatic rings. The first-order valence-electron chi connectivity index (χ1n) is 11.7. The van der Waals surface area contributed by atoms with Gasteiger partial charge in [-0.15, -0.1) is 0 Å². The van der Waals surface area contributed by atoms with Gasteiger partial charge in [-0.25, -0.2) is 4.98 Å². The fourth-order valence-corrected chi connectivity index (χ4v) is 4.49. The monoisotopic (exact) mass is 422 g/mol. The van der Waals surface area contributed by atoms with Crippen LogP contribution in [0.15, 0.2) is 36.5 Å². The molecule has 4 rings (SSSR count). The maximum atomic E-state index is 12.8. The highest BCUT2D eigenvalue weighted by atomic mass is 16.5. The molecule has 2 fully saturated rings. The van der Waals surface area contributed by atoms with Gasteiger partial charge in [0.05, 0.1) is 5.69 Å². The lowest BCUT2D eigenvalue weighted by atomic mass is 9.88. The predicted octanol–water partition coefficient (Wildman–Crippen LogP) is 3.87. The van der Waals surface area contributed by atoms with Crippen LogP contribution in [0, 0.1) is 11.8 Å². The van der Waals surface area contributed by atoms with Crippen LogP contribution in [0.25, 0.3) is 11.3 Å². The molecule has 0 bridgehead atoms. The van der Waals surface area contributed by atoms with Crippen LogP contribution in [0.1, 0.15) is 44.7 Å². The summed E-state index contributed by atoms with van der Waals surface area (Å²) < 4.78 is 5.44. The molecule has 2 aromatic heterocycles. The molecule has 0 unspecified atom stereocenters.